The molecule has 2 aliphatic rings. The van der Waals surface area contributed by atoms with Crippen molar-refractivity contribution >= 4 is 5.97 Å². The Hall–Kier alpha value is -3.29. The van der Waals surface area contributed by atoms with Crippen LogP contribution < -0.4 is 22.5 Å². The third-order valence-electron chi connectivity index (χ3n) is 9.48. The molecule has 4 rings (SSSR count). The lowest BCUT2D eigenvalue weighted by Crippen LogP contribution is -2.38. The van der Waals surface area contributed by atoms with Crippen LogP contribution in [-0.4, -0.2) is 53.6 Å². The highest BCUT2D eigenvalue weighted by Gasteiger charge is 2.53. The zero-order valence-corrected chi connectivity index (χ0v) is 26.6. The van der Waals surface area contributed by atoms with E-state index in [4.69, 9.17) is 14.2 Å². The first-order valence-electron chi connectivity index (χ1n) is 15.0. The number of aliphatic hydroxyl groups is 1. The molecule has 0 spiro atoms. The molecule has 13 heteroatoms. The van der Waals surface area contributed by atoms with Crippen LogP contribution in [0.4, 0.5) is 0 Å². The maximum absolute atomic E-state index is 12.2. The molecule has 43 heavy (non-hydrogen) atoms. The number of esters is 1. The number of nitrogens with one attached hydrogen (secondary N) is 2. The average Bonchev–Trinajstić information content (AvgIpc) is 3.38. The Morgan fingerprint density at radius 1 is 0.814 bits per heavy atom. The zero-order valence-electron chi connectivity index (χ0n) is 26.6. The number of nitrogens with zero attached hydrogens (tertiary/aromatic N) is 2. The van der Waals surface area contributed by atoms with Crippen LogP contribution in [0.5, 0.6) is 0 Å². The lowest BCUT2D eigenvalue weighted by molar-refractivity contribution is -0.154. The molecule has 2 aliphatic heterocycles. The van der Waals surface area contributed by atoms with Crippen molar-refractivity contribution in [3.8, 4) is 0 Å². The van der Waals surface area contributed by atoms with Gasteiger partial charge >= 0.3 is 17.3 Å². The van der Waals surface area contributed by atoms with Gasteiger partial charge in [0, 0.05) is 42.3 Å². The molecule has 6 atom stereocenters. The van der Waals surface area contributed by atoms with Gasteiger partial charge in [-0.1, -0.05) is 41.5 Å². The largest absolute Gasteiger partial charge is 0.457 e. The molecule has 2 saturated heterocycles. The van der Waals surface area contributed by atoms with Gasteiger partial charge in [-0.15, -0.1) is 0 Å². The fourth-order valence-electron chi connectivity index (χ4n) is 6.40. The second-order valence-electron chi connectivity index (χ2n) is 11.7. The van der Waals surface area contributed by atoms with E-state index in [0.717, 1.165) is 25.7 Å². The summed E-state index contributed by atoms with van der Waals surface area (Å²) in [6, 6.07) is 0. The Bertz CT molecular complexity index is 1530. The summed E-state index contributed by atoms with van der Waals surface area (Å²) in [6.45, 7) is 16.5. The quantitative estimate of drug-likeness (QED) is 0.400. The smallest absolute Gasteiger partial charge is 0.330 e. The van der Waals surface area contributed by atoms with E-state index < -0.39 is 64.3 Å². The fourth-order valence-corrected chi connectivity index (χ4v) is 6.40. The number of hydrogen-bond acceptors (Lipinski definition) is 9. The molecule has 4 heterocycles. The highest BCUT2D eigenvalue weighted by molar-refractivity contribution is 5.66. The third-order valence-corrected chi connectivity index (χ3v) is 9.48. The van der Waals surface area contributed by atoms with Crippen LogP contribution in [-0.2, 0) is 19.0 Å². The molecule has 240 valence electrons. The third kappa shape index (κ3) is 6.34. The summed E-state index contributed by atoms with van der Waals surface area (Å²) >= 11 is 0. The summed E-state index contributed by atoms with van der Waals surface area (Å²) in [7, 11) is 0. The SMILES string of the molecule is CCC1(CC)O[C@@H](n2cc(C)c(=O)[nH]c2=O)C(O)[C@H]1C.CCC1(CC)O[C@@H](n2cc(C)c(=O)[nH]c2=O)C(OC(C)=O)[C@H]1C. The summed E-state index contributed by atoms with van der Waals surface area (Å²) in [5.41, 5.74) is -2.08. The first kappa shape index (κ1) is 34.2. The van der Waals surface area contributed by atoms with Crippen molar-refractivity contribution in [2.45, 2.75) is 124 Å². The van der Waals surface area contributed by atoms with Gasteiger partial charge in [0.05, 0.1) is 11.2 Å². The summed E-state index contributed by atoms with van der Waals surface area (Å²) in [5.74, 6) is -0.583. The second kappa shape index (κ2) is 13.1. The maximum atomic E-state index is 12.2. The van der Waals surface area contributed by atoms with Gasteiger partial charge < -0.3 is 19.3 Å². The maximum Gasteiger partial charge on any atom is 0.330 e. The van der Waals surface area contributed by atoms with E-state index in [2.05, 4.69) is 9.97 Å². The summed E-state index contributed by atoms with van der Waals surface area (Å²) < 4.78 is 20.3. The van der Waals surface area contributed by atoms with Gasteiger partial charge in [-0.25, -0.2) is 9.59 Å². The zero-order chi connectivity index (χ0) is 32.4. The van der Waals surface area contributed by atoms with Gasteiger partial charge in [0.1, 0.15) is 6.10 Å². The number of H-pyrrole nitrogens is 2. The predicted molar refractivity (Wildman–Crippen MR) is 159 cm³/mol. The molecule has 0 aromatic carbocycles. The molecular weight excluding hydrogens is 560 g/mol. The molecule has 3 N–H and O–H groups in total. The van der Waals surface area contributed by atoms with Gasteiger partial charge in [-0.3, -0.25) is 33.5 Å². The van der Waals surface area contributed by atoms with Crippen molar-refractivity contribution in [1.29, 1.82) is 0 Å². The Labute approximate surface area is 250 Å². The molecule has 2 unspecified atom stereocenters. The Morgan fingerprint density at radius 2 is 1.21 bits per heavy atom. The second-order valence-corrected chi connectivity index (χ2v) is 11.7. The van der Waals surface area contributed by atoms with E-state index >= 15 is 0 Å². The molecule has 0 bridgehead atoms. The highest BCUT2D eigenvalue weighted by atomic mass is 16.6. The van der Waals surface area contributed by atoms with Crippen LogP contribution >= 0.6 is 0 Å². The number of hydrogen-bond donors (Lipinski definition) is 3. The molecule has 2 fully saturated rings. The van der Waals surface area contributed by atoms with Gasteiger partial charge in [0.2, 0.25) is 0 Å². The standard InChI is InChI=1S/C16H24N2O5.C14H22N2O4/c1-6-16(7-2)10(4)12(22-11(5)19)14(23-16)18-8-9(3)13(20)17-15(18)21;1-5-14(6-2)9(4)10(17)12(20-14)16-7-8(3)11(18)15-13(16)19/h8,10,12,14H,6-7H2,1-5H3,(H,17,20,21);7,9-10,12,17H,5-6H2,1-4H3,(H,15,18,19)/t10-,12?,14-;9-,10?,12-/m11/s1. The van der Waals surface area contributed by atoms with Crippen molar-refractivity contribution < 1.29 is 24.1 Å². The van der Waals surface area contributed by atoms with Gasteiger partial charge in [-0.05, 0) is 39.5 Å². The number of aromatic nitrogens is 4. The molecular formula is C30H46N4O9. The van der Waals surface area contributed by atoms with Gasteiger partial charge in [-0.2, -0.15) is 0 Å². The lowest BCUT2D eigenvalue weighted by atomic mass is 9.83. The van der Waals surface area contributed by atoms with Crippen molar-refractivity contribution in [2.24, 2.45) is 11.8 Å². The van der Waals surface area contributed by atoms with Crippen LogP contribution in [0.15, 0.2) is 31.6 Å². The molecule has 2 aromatic rings. The number of carbonyl (C=O) groups excluding carboxylic acids is 1. The lowest BCUT2D eigenvalue weighted by Gasteiger charge is -2.30. The number of rotatable bonds is 7. The minimum Gasteiger partial charge on any atom is -0.457 e. The molecule has 2 aromatic heterocycles. The van der Waals surface area contributed by atoms with Crippen molar-refractivity contribution in [3.63, 3.8) is 0 Å². The minimum atomic E-state index is -0.780. The number of aryl methyl sites for hydroxylation is 2. The molecule has 0 aliphatic carbocycles. The van der Waals surface area contributed by atoms with E-state index in [1.54, 1.807) is 13.8 Å². The number of carbonyl (C=O) groups is 1. The summed E-state index contributed by atoms with van der Waals surface area (Å²) in [6.07, 6.45) is 3.01. The Morgan fingerprint density at radius 3 is 1.60 bits per heavy atom. The average molecular weight is 607 g/mol. The molecule has 0 amide bonds. The van der Waals surface area contributed by atoms with Crippen molar-refractivity contribution in [3.05, 3.63) is 65.2 Å². The monoisotopic (exact) mass is 606 g/mol. The van der Waals surface area contributed by atoms with Crippen LogP contribution in [0, 0.1) is 25.7 Å². The van der Waals surface area contributed by atoms with Crippen LogP contribution in [0.25, 0.3) is 0 Å². The van der Waals surface area contributed by atoms with E-state index in [-0.39, 0.29) is 11.8 Å². The van der Waals surface area contributed by atoms with Crippen molar-refractivity contribution in [2.75, 3.05) is 0 Å². The van der Waals surface area contributed by atoms with Crippen LogP contribution in [0.2, 0.25) is 0 Å². The Kier molecular flexibility index (Phi) is 10.5. The minimum absolute atomic E-state index is 0.0782. The molecule has 13 nitrogen and oxygen atoms in total. The van der Waals surface area contributed by atoms with Crippen LogP contribution in [0.3, 0.4) is 0 Å². The van der Waals surface area contributed by atoms with Crippen LogP contribution in [0.1, 0.15) is 97.7 Å². The van der Waals surface area contributed by atoms with E-state index in [1.165, 1.54) is 28.5 Å². The fraction of sp³-hybridized carbons (Fsp3) is 0.700. The number of aromatic amines is 2. The predicted octanol–water partition coefficient (Wildman–Crippen LogP) is 2.43. The van der Waals surface area contributed by atoms with Gasteiger partial charge in [0.15, 0.2) is 18.6 Å². The highest BCUT2D eigenvalue weighted by Crippen LogP contribution is 2.47. The topological polar surface area (TPSA) is 175 Å². The number of aliphatic hydroxyl groups excluding tert-OH is 1. The first-order valence-corrected chi connectivity index (χ1v) is 15.0. The summed E-state index contributed by atoms with van der Waals surface area (Å²) in [5, 5.41) is 10.4. The summed E-state index contributed by atoms with van der Waals surface area (Å²) in [4.78, 5) is 63.1. The normalized spacial score (nSPS) is 27.4. The molecule has 0 saturated carbocycles. The number of ether oxygens (including phenoxy) is 3. The van der Waals surface area contributed by atoms with E-state index in [0.29, 0.717) is 11.1 Å². The van der Waals surface area contributed by atoms with Gasteiger partial charge in [0.25, 0.3) is 11.1 Å². The van der Waals surface area contributed by atoms with E-state index in [1.807, 2.05) is 41.5 Å². The first-order chi connectivity index (χ1) is 20.1. The molecule has 0 radical (unpaired) electrons. The van der Waals surface area contributed by atoms with E-state index in [9.17, 15) is 29.1 Å². The Balaban J connectivity index is 0.000000238. The van der Waals surface area contributed by atoms with Crippen molar-refractivity contribution in [1.82, 2.24) is 19.1 Å².